The van der Waals surface area contributed by atoms with E-state index in [1.807, 2.05) is 84.9 Å². The summed E-state index contributed by atoms with van der Waals surface area (Å²) in [5, 5.41) is 12.6. The van der Waals surface area contributed by atoms with Crippen LogP contribution in [0.4, 0.5) is 5.82 Å². The SMILES string of the molecule is O=C(O)[C@H](Cc1ccccc1)Nc1cc(-c2ccc(OCc3ccccc3)cc2)ncn1. The molecule has 0 unspecified atom stereocenters. The molecular formula is C26H23N3O3. The quantitative estimate of drug-likeness (QED) is 0.400. The highest BCUT2D eigenvalue weighted by molar-refractivity contribution is 5.77. The monoisotopic (exact) mass is 425 g/mol. The van der Waals surface area contributed by atoms with Gasteiger partial charge in [0.2, 0.25) is 0 Å². The number of carboxylic acids is 1. The molecule has 4 aromatic rings. The third-order valence-electron chi connectivity index (χ3n) is 4.97. The second kappa shape index (κ2) is 10.2. The normalized spacial score (nSPS) is 11.5. The molecule has 0 saturated carbocycles. The molecule has 6 heteroatoms. The molecule has 32 heavy (non-hydrogen) atoms. The number of nitrogens with one attached hydrogen (secondary N) is 1. The van der Waals surface area contributed by atoms with Crippen LogP contribution in [0.15, 0.2) is 97.3 Å². The fourth-order valence-electron chi connectivity index (χ4n) is 3.29. The summed E-state index contributed by atoms with van der Waals surface area (Å²) >= 11 is 0. The van der Waals surface area contributed by atoms with E-state index >= 15 is 0 Å². The summed E-state index contributed by atoms with van der Waals surface area (Å²) in [6.45, 7) is 0.500. The van der Waals surface area contributed by atoms with E-state index in [4.69, 9.17) is 4.74 Å². The van der Waals surface area contributed by atoms with Crippen molar-refractivity contribution < 1.29 is 14.6 Å². The van der Waals surface area contributed by atoms with Crippen molar-refractivity contribution in [1.82, 2.24) is 9.97 Å². The Morgan fingerprint density at radius 1 is 0.875 bits per heavy atom. The molecule has 0 spiro atoms. The standard InChI is InChI=1S/C26H23N3O3/c30-26(31)24(15-19-7-3-1-4-8-19)29-25-16-23(27-18-28-25)21-11-13-22(14-12-21)32-17-20-9-5-2-6-10-20/h1-14,16,18,24H,15,17H2,(H,30,31)(H,27,28,29)/t24-/m0/s1. The van der Waals surface area contributed by atoms with Crippen molar-refractivity contribution in [2.45, 2.75) is 19.1 Å². The van der Waals surface area contributed by atoms with E-state index in [1.54, 1.807) is 6.07 Å². The molecule has 0 aliphatic carbocycles. The lowest BCUT2D eigenvalue weighted by Gasteiger charge is -2.15. The summed E-state index contributed by atoms with van der Waals surface area (Å²) in [6.07, 6.45) is 1.78. The van der Waals surface area contributed by atoms with Crippen molar-refractivity contribution >= 4 is 11.8 Å². The average molecular weight is 425 g/mol. The van der Waals surface area contributed by atoms with Gasteiger partial charge in [0, 0.05) is 18.1 Å². The van der Waals surface area contributed by atoms with Gasteiger partial charge >= 0.3 is 5.97 Å². The van der Waals surface area contributed by atoms with Gasteiger partial charge in [-0.25, -0.2) is 14.8 Å². The van der Waals surface area contributed by atoms with E-state index in [-0.39, 0.29) is 0 Å². The zero-order chi connectivity index (χ0) is 22.2. The number of hydrogen-bond acceptors (Lipinski definition) is 5. The van der Waals surface area contributed by atoms with Gasteiger partial charge < -0.3 is 15.2 Å². The number of carbonyl (C=O) groups is 1. The Balaban J connectivity index is 1.43. The molecular weight excluding hydrogens is 402 g/mol. The second-order valence-electron chi connectivity index (χ2n) is 7.31. The first-order valence-corrected chi connectivity index (χ1v) is 10.3. The highest BCUT2D eigenvalue weighted by Gasteiger charge is 2.18. The van der Waals surface area contributed by atoms with Crippen LogP contribution in [0.1, 0.15) is 11.1 Å². The minimum absolute atomic E-state index is 0.350. The number of ether oxygens (including phenoxy) is 1. The number of aromatic nitrogens is 2. The van der Waals surface area contributed by atoms with E-state index in [0.29, 0.717) is 24.5 Å². The zero-order valence-corrected chi connectivity index (χ0v) is 17.4. The van der Waals surface area contributed by atoms with Crippen molar-refractivity contribution in [3.05, 3.63) is 108 Å². The number of rotatable bonds is 9. The first-order valence-electron chi connectivity index (χ1n) is 10.3. The van der Waals surface area contributed by atoms with Crippen molar-refractivity contribution in [3.8, 4) is 17.0 Å². The van der Waals surface area contributed by atoms with Crippen LogP contribution < -0.4 is 10.1 Å². The first kappa shape index (κ1) is 21.1. The molecule has 6 nitrogen and oxygen atoms in total. The van der Waals surface area contributed by atoms with Gasteiger partial charge in [-0.1, -0.05) is 60.7 Å². The lowest BCUT2D eigenvalue weighted by atomic mass is 10.1. The minimum Gasteiger partial charge on any atom is -0.489 e. The van der Waals surface area contributed by atoms with Crippen LogP contribution in [0.25, 0.3) is 11.3 Å². The molecule has 3 aromatic carbocycles. The number of carboxylic acid groups (broad SMARTS) is 1. The van der Waals surface area contributed by atoms with Gasteiger partial charge in [-0.15, -0.1) is 0 Å². The Morgan fingerprint density at radius 3 is 2.19 bits per heavy atom. The Bertz CT molecular complexity index is 1150. The van der Waals surface area contributed by atoms with Gasteiger partial charge in [0.15, 0.2) is 0 Å². The fraction of sp³-hybridized carbons (Fsp3) is 0.115. The lowest BCUT2D eigenvalue weighted by Crippen LogP contribution is -2.31. The summed E-state index contributed by atoms with van der Waals surface area (Å²) in [7, 11) is 0. The van der Waals surface area contributed by atoms with Gasteiger partial charge in [-0.05, 0) is 35.4 Å². The predicted molar refractivity (Wildman–Crippen MR) is 123 cm³/mol. The van der Waals surface area contributed by atoms with Crippen molar-refractivity contribution in [2.75, 3.05) is 5.32 Å². The van der Waals surface area contributed by atoms with Crippen LogP contribution in [0.5, 0.6) is 5.75 Å². The van der Waals surface area contributed by atoms with E-state index < -0.39 is 12.0 Å². The summed E-state index contributed by atoms with van der Waals surface area (Å²) < 4.78 is 5.83. The number of anilines is 1. The minimum atomic E-state index is -0.936. The zero-order valence-electron chi connectivity index (χ0n) is 17.4. The third kappa shape index (κ3) is 5.70. The van der Waals surface area contributed by atoms with Gasteiger partial charge in [0.05, 0.1) is 5.69 Å². The van der Waals surface area contributed by atoms with Gasteiger partial charge in [-0.2, -0.15) is 0 Å². The molecule has 0 bridgehead atoms. The number of benzene rings is 3. The van der Waals surface area contributed by atoms with Crippen molar-refractivity contribution in [2.24, 2.45) is 0 Å². The number of nitrogens with zero attached hydrogens (tertiary/aromatic N) is 2. The van der Waals surface area contributed by atoms with Gasteiger partial charge in [-0.3, -0.25) is 0 Å². The maximum absolute atomic E-state index is 11.7. The summed E-state index contributed by atoms with van der Waals surface area (Å²) in [5.41, 5.74) is 3.62. The molecule has 1 atom stereocenters. The van der Waals surface area contributed by atoms with E-state index in [9.17, 15) is 9.90 Å². The van der Waals surface area contributed by atoms with Crippen molar-refractivity contribution in [1.29, 1.82) is 0 Å². The highest BCUT2D eigenvalue weighted by Crippen LogP contribution is 2.23. The van der Waals surface area contributed by atoms with Crippen LogP contribution in [-0.4, -0.2) is 27.1 Å². The predicted octanol–water partition coefficient (Wildman–Crippen LogP) is 4.83. The molecule has 0 aliphatic rings. The highest BCUT2D eigenvalue weighted by atomic mass is 16.5. The van der Waals surface area contributed by atoms with Crippen LogP contribution >= 0.6 is 0 Å². The Morgan fingerprint density at radius 2 is 1.53 bits per heavy atom. The van der Waals surface area contributed by atoms with Crippen LogP contribution in [0, 0.1) is 0 Å². The molecule has 1 heterocycles. The van der Waals surface area contributed by atoms with E-state index in [1.165, 1.54) is 6.33 Å². The number of hydrogen-bond donors (Lipinski definition) is 2. The fourth-order valence-corrected chi connectivity index (χ4v) is 3.29. The van der Waals surface area contributed by atoms with Crippen LogP contribution in [0.3, 0.4) is 0 Å². The molecule has 2 N–H and O–H groups in total. The molecule has 0 aliphatic heterocycles. The Kier molecular flexibility index (Phi) is 6.72. The number of aliphatic carboxylic acids is 1. The molecule has 0 amide bonds. The summed E-state index contributed by atoms with van der Waals surface area (Å²) in [5.74, 6) is 0.287. The summed E-state index contributed by atoms with van der Waals surface area (Å²) in [6, 6.07) is 28.1. The molecule has 1 aromatic heterocycles. The molecule has 4 rings (SSSR count). The third-order valence-corrected chi connectivity index (χ3v) is 4.97. The Hall–Kier alpha value is -4.19. The van der Waals surface area contributed by atoms with Crippen molar-refractivity contribution in [3.63, 3.8) is 0 Å². The van der Waals surface area contributed by atoms with Crippen LogP contribution in [0.2, 0.25) is 0 Å². The molecule has 0 radical (unpaired) electrons. The van der Waals surface area contributed by atoms with Crippen LogP contribution in [-0.2, 0) is 17.8 Å². The Labute approximate surface area is 186 Å². The average Bonchev–Trinajstić information content (AvgIpc) is 2.84. The second-order valence-corrected chi connectivity index (χ2v) is 7.31. The van der Waals surface area contributed by atoms with E-state index in [0.717, 1.165) is 22.4 Å². The topological polar surface area (TPSA) is 84.3 Å². The summed E-state index contributed by atoms with van der Waals surface area (Å²) in [4.78, 5) is 20.3. The largest absolute Gasteiger partial charge is 0.489 e. The first-order chi connectivity index (χ1) is 15.7. The molecule has 0 saturated heterocycles. The van der Waals surface area contributed by atoms with E-state index in [2.05, 4.69) is 15.3 Å². The maximum atomic E-state index is 11.7. The van der Waals surface area contributed by atoms with Gasteiger partial charge in [0.25, 0.3) is 0 Å². The smallest absolute Gasteiger partial charge is 0.326 e. The lowest BCUT2D eigenvalue weighted by molar-refractivity contribution is -0.137. The molecule has 0 fully saturated rings. The maximum Gasteiger partial charge on any atom is 0.326 e. The molecule has 160 valence electrons. The van der Waals surface area contributed by atoms with Gasteiger partial charge in [0.1, 0.15) is 30.5 Å².